The van der Waals surface area contributed by atoms with E-state index in [0.29, 0.717) is 16.3 Å². The Balaban J connectivity index is 2.09. The summed E-state index contributed by atoms with van der Waals surface area (Å²) in [5.41, 5.74) is 1.07. The summed E-state index contributed by atoms with van der Waals surface area (Å²) < 4.78 is 0. The van der Waals surface area contributed by atoms with E-state index in [2.05, 4.69) is 10.6 Å². The van der Waals surface area contributed by atoms with Gasteiger partial charge >= 0.3 is 0 Å². The largest absolute Gasteiger partial charge is 0.353 e. The van der Waals surface area contributed by atoms with Gasteiger partial charge in [-0.1, -0.05) is 35.9 Å². The number of hydrogen-bond acceptors (Lipinski definition) is 3. The number of carbonyl (C=O) groups is 2. The van der Waals surface area contributed by atoms with E-state index in [1.165, 1.54) is 11.8 Å². The number of benzene rings is 2. The zero-order valence-electron chi connectivity index (χ0n) is 13.5. The molecule has 2 amide bonds. The first kappa shape index (κ1) is 18.4. The topological polar surface area (TPSA) is 58.2 Å². The van der Waals surface area contributed by atoms with Gasteiger partial charge in [-0.05, 0) is 38.1 Å². The highest BCUT2D eigenvalue weighted by Gasteiger charge is 2.14. The Hall–Kier alpha value is -1.98. The van der Waals surface area contributed by atoms with Crippen molar-refractivity contribution in [1.29, 1.82) is 0 Å². The first-order chi connectivity index (χ1) is 11.5. The van der Waals surface area contributed by atoms with Crippen LogP contribution in [0.1, 0.15) is 24.2 Å². The minimum absolute atomic E-state index is 0.0590. The quantitative estimate of drug-likeness (QED) is 0.757. The van der Waals surface area contributed by atoms with Gasteiger partial charge in [0.1, 0.15) is 0 Å². The Morgan fingerprint density at radius 2 is 1.75 bits per heavy atom. The Kier molecular flexibility index (Phi) is 6.70. The molecule has 0 aromatic heterocycles. The average Bonchev–Trinajstić information content (AvgIpc) is 2.54. The summed E-state index contributed by atoms with van der Waals surface area (Å²) in [7, 11) is 0. The summed E-state index contributed by atoms with van der Waals surface area (Å²) in [6.45, 7) is 3.82. The fraction of sp³-hybridized carbons (Fsp3) is 0.222. The number of carbonyl (C=O) groups excluding carboxylic acids is 2. The molecule has 0 heterocycles. The van der Waals surface area contributed by atoms with Crippen molar-refractivity contribution in [2.45, 2.75) is 24.8 Å². The summed E-state index contributed by atoms with van der Waals surface area (Å²) in [6, 6.07) is 14.4. The molecule has 2 aromatic rings. The van der Waals surface area contributed by atoms with E-state index in [-0.39, 0.29) is 23.6 Å². The molecular formula is C18H19ClN2O2S. The van der Waals surface area contributed by atoms with E-state index < -0.39 is 0 Å². The first-order valence-corrected chi connectivity index (χ1v) is 8.91. The van der Waals surface area contributed by atoms with Crippen LogP contribution in [0.4, 0.5) is 5.69 Å². The number of amides is 2. The van der Waals surface area contributed by atoms with E-state index >= 15 is 0 Å². The SMILES string of the molecule is CC(C)NC(=O)CSc1ccccc1C(=O)Nc1ccccc1Cl. The van der Waals surface area contributed by atoms with Gasteiger partial charge in [-0.25, -0.2) is 0 Å². The van der Waals surface area contributed by atoms with E-state index in [9.17, 15) is 9.59 Å². The second kappa shape index (κ2) is 8.76. The van der Waals surface area contributed by atoms with Gasteiger partial charge in [0.15, 0.2) is 0 Å². The highest BCUT2D eigenvalue weighted by atomic mass is 35.5. The average molecular weight is 363 g/mol. The van der Waals surface area contributed by atoms with Crippen molar-refractivity contribution >= 4 is 40.9 Å². The molecule has 2 rings (SSSR count). The van der Waals surface area contributed by atoms with Crippen LogP contribution in [0.5, 0.6) is 0 Å². The van der Waals surface area contributed by atoms with Gasteiger partial charge < -0.3 is 10.6 Å². The maximum Gasteiger partial charge on any atom is 0.256 e. The zero-order chi connectivity index (χ0) is 17.5. The lowest BCUT2D eigenvalue weighted by Gasteiger charge is -2.12. The number of para-hydroxylation sites is 1. The number of nitrogens with one attached hydrogen (secondary N) is 2. The molecule has 0 aliphatic heterocycles. The molecule has 0 atom stereocenters. The van der Waals surface area contributed by atoms with Crippen LogP contribution in [0.3, 0.4) is 0 Å². The van der Waals surface area contributed by atoms with Crippen molar-refractivity contribution in [2.24, 2.45) is 0 Å². The van der Waals surface area contributed by atoms with Crippen molar-refractivity contribution in [3.63, 3.8) is 0 Å². The molecule has 0 saturated heterocycles. The third kappa shape index (κ3) is 5.28. The molecule has 2 aromatic carbocycles. The second-order valence-corrected chi connectivity index (χ2v) is 6.87. The van der Waals surface area contributed by atoms with E-state index in [1.807, 2.05) is 26.0 Å². The molecule has 0 radical (unpaired) electrons. The van der Waals surface area contributed by atoms with Crippen LogP contribution in [-0.2, 0) is 4.79 Å². The molecule has 0 saturated carbocycles. The van der Waals surface area contributed by atoms with Crippen molar-refractivity contribution in [3.8, 4) is 0 Å². The number of rotatable bonds is 6. The highest BCUT2D eigenvalue weighted by Crippen LogP contribution is 2.25. The minimum atomic E-state index is -0.254. The molecule has 126 valence electrons. The third-order valence-electron chi connectivity index (χ3n) is 3.06. The minimum Gasteiger partial charge on any atom is -0.353 e. The van der Waals surface area contributed by atoms with Crippen LogP contribution in [0, 0.1) is 0 Å². The molecule has 0 aliphatic carbocycles. The number of hydrogen-bond donors (Lipinski definition) is 2. The fourth-order valence-corrected chi connectivity index (χ4v) is 3.08. The van der Waals surface area contributed by atoms with Crippen LogP contribution in [0.15, 0.2) is 53.4 Å². The second-order valence-electron chi connectivity index (χ2n) is 5.44. The van der Waals surface area contributed by atoms with Gasteiger partial charge in [-0.15, -0.1) is 11.8 Å². The van der Waals surface area contributed by atoms with Crippen LogP contribution in [0.25, 0.3) is 0 Å². The molecule has 6 heteroatoms. The molecule has 0 fully saturated rings. The number of halogens is 1. The molecule has 0 bridgehead atoms. The third-order valence-corrected chi connectivity index (χ3v) is 4.47. The van der Waals surface area contributed by atoms with Crippen molar-refractivity contribution in [2.75, 3.05) is 11.1 Å². The van der Waals surface area contributed by atoms with Gasteiger partial charge in [-0.2, -0.15) is 0 Å². The Morgan fingerprint density at radius 3 is 2.46 bits per heavy atom. The van der Waals surface area contributed by atoms with Crippen LogP contribution < -0.4 is 10.6 Å². The molecular weight excluding hydrogens is 344 g/mol. The predicted molar refractivity (Wildman–Crippen MR) is 99.8 cm³/mol. The summed E-state index contributed by atoms with van der Waals surface area (Å²) in [5, 5.41) is 6.11. The van der Waals surface area contributed by atoms with Crippen LogP contribution in [-0.4, -0.2) is 23.6 Å². The zero-order valence-corrected chi connectivity index (χ0v) is 15.1. The van der Waals surface area contributed by atoms with Crippen LogP contribution in [0.2, 0.25) is 5.02 Å². The van der Waals surface area contributed by atoms with Gasteiger partial charge in [0.2, 0.25) is 5.91 Å². The lowest BCUT2D eigenvalue weighted by molar-refractivity contribution is -0.119. The van der Waals surface area contributed by atoms with Gasteiger partial charge in [0, 0.05) is 10.9 Å². The smallest absolute Gasteiger partial charge is 0.256 e. The Morgan fingerprint density at radius 1 is 1.08 bits per heavy atom. The summed E-state index contributed by atoms with van der Waals surface area (Å²) in [5.74, 6) is -0.0547. The Bertz CT molecular complexity index is 734. The summed E-state index contributed by atoms with van der Waals surface area (Å²) in [4.78, 5) is 25.1. The van der Waals surface area contributed by atoms with Crippen LogP contribution >= 0.6 is 23.4 Å². The molecule has 0 aliphatic rings. The molecule has 0 unspecified atom stereocenters. The lowest BCUT2D eigenvalue weighted by atomic mass is 10.2. The maximum absolute atomic E-state index is 12.5. The fourth-order valence-electron chi connectivity index (χ4n) is 2.04. The summed E-state index contributed by atoms with van der Waals surface area (Å²) >= 11 is 7.41. The summed E-state index contributed by atoms with van der Waals surface area (Å²) in [6.07, 6.45) is 0. The van der Waals surface area contributed by atoms with Gasteiger partial charge in [0.25, 0.3) is 5.91 Å². The van der Waals surface area contributed by atoms with Crippen molar-refractivity contribution in [1.82, 2.24) is 5.32 Å². The maximum atomic E-state index is 12.5. The van der Waals surface area contributed by atoms with Gasteiger partial charge in [-0.3, -0.25) is 9.59 Å². The first-order valence-electron chi connectivity index (χ1n) is 7.54. The monoisotopic (exact) mass is 362 g/mol. The highest BCUT2D eigenvalue weighted by molar-refractivity contribution is 8.00. The van der Waals surface area contributed by atoms with E-state index in [0.717, 1.165) is 4.90 Å². The molecule has 0 spiro atoms. The Labute approximate surface area is 151 Å². The van der Waals surface area contributed by atoms with E-state index in [1.54, 1.807) is 36.4 Å². The van der Waals surface area contributed by atoms with Gasteiger partial charge in [0.05, 0.1) is 22.0 Å². The molecule has 24 heavy (non-hydrogen) atoms. The lowest BCUT2D eigenvalue weighted by Crippen LogP contribution is -2.31. The van der Waals surface area contributed by atoms with Crippen molar-refractivity contribution in [3.05, 3.63) is 59.1 Å². The normalized spacial score (nSPS) is 10.5. The predicted octanol–water partition coefficient (Wildman–Crippen LogP) is 4.21. The molecule has 4 nitrogen and oxygen atoms in total. The standard InChI is InChI=1S/C18H19ClN2O2S/c1-12(2)20-17(22)11-24-16-10-6-3-7-13(16)18(23)21-15-9-5-4-8-14(15)19/h3-10,12H,11H2,1-2H3,(H,20,22)(H,21,23). The van der Waals surface area contributed by atoms with E-state index in [4.69, 9.17) is 11.6 Å². The number of anilines is 1. The molecule has 2 N–H and O–H groups in total. The van der Waals surface area contributed by atoms with Crippen molar-refractivity contribution < 1.29 is 9.59 Å². The number of thioether (sulfide) groups is 1.